The predicted molar refractivity (Wildman–Crippen MR) is 67.5 cm³/mol. The molecule has 0 bridgehead atoms. The van der Waals surface area contributed by atoms with Crippen LogP contribution in [0.5, 0.6) is 0 Å². The summed E-state index contributed by atoms with van der Waals surface area (Å²) in [5.74, 6) is -1.56. The van der Waals surface area contributed by atoms with Gasteiger partial charge in [-0.1, -0.05) is 0 Å². The summed E-state index contributed by atoms with van der Waals surface area (Å²) in [6, 6.07) is 3.64. The van der Waals surface area contributed by atoms with Crippen molar-refractivity contribution in [2.45, 2.75) is 13.5 Å². The maximum Gasteiger partial charge on any atom is 0.335 e. The van der Waals surface area contributed by atoms with Gasteiger partial charge in [0, 0.05) is 5.38 Å². The summed E-state index contributed by atoms with van der Waals surface area (Å²) in [6.07, 6.45) is 0. The Morgan fingerprint density at radius 1 is 1.56 bits per heavy atom. The van der Waals surface area contributed by atoms with Crippen LogP contribution < -0.4 is 5.32 Å². The van der Waals surface area contributed by atoms with Crippen LogP contribution in [0, 0.1) is 12.7 Å². The van der Waals surface area contributed by atoms with Crippen LogP contribution >= 0.6 is 11.3 Å². The van der Waals surface area contributed by atoms with E-state index in [1.54, 1.807) is 0 Å². The molecule has 0 atom stereocenters. The second kappa shape index (κ2) is 5.14. The Hall–Kier alpha value is -1.95. The van der Waals surface area contributed by atoms with Gasteiger partial charge in [-0.2, -0.15) is 0 Å². The fourth-order valence-corrected chi connectivity index (χ4v) is 2.08. The van der Waals surface area contributed by atoms with E-state index >= 15 is 0 Å². The minimum Gasteiger partial charge on any atom is -0.478 e. The third kappa shape index (κ3) is 2.84. The van der Waals surface area contributed by atoms with Crippen LogP contribution in [0.3, 0.4) is 0 Å². The number of hydrogen-bond donors (Lipinski definition) is 2. The highest BCUT2D eigenvalue weighted by molar-refractivity contribution is 7.09. The third-order valence-corrected chi connectivity index (χ3v) is 3.16. The van der Waals surface area contributed by atoms with Gasteiger partial charge in [-0.3, -0.25) is 0 Å². The molecule has 0 aliphatic rings. The van der Waals surface area contributed by atoms with Crippen molar-refractivity contribution < 1.29 is 14.3 Å². The zero-order valence-electron chi connectivity index (χ0n) is 9.61. The highest BCUT2D eigenvalue weighted by Crippen LogP contribution is 2.18. The van der Waals surface area contributed by atoms with Crippen molar-refractivity contribution in [1.29, 1.82) is 0 Å². The number of halogens is 1. The summed E-state index contributed by atoms with van der Waals surface area (Å²) in [5, 5.41) is 14.5. The average Bonchev–Trinajstić information content (AvgIpc) is 2.74. The fourth-order valence-electron chi connectivity index (χ4n) is 1.47. The van der Waals surface area contributed by atoms with E-state index in [0.29, 0.717) is 6.54 Å². The van der Waals surface area contributed by atoms with E-state index < -0.39 is 11.8 Å². The van der Waals surface area contributed by atoms with E-state index in [2.05, 4.69) is 10.3 Å². The van der Waals surface area contributed by atoms with Crippen molar-refractivity contribution >= 4 is 23.0 Å². The molecule has 18 heavy (non-hydrogen) atoms. The quantitative estimate of drug-likeness (QED) is 0.893. The third-order valence-electron chi connectivity index (χ3n) is 2.34. The lowest BCUT2D eigenvalue weighted by Gasteiger charge is -2.06. The molecule has 6 heteroatoms. The standard InChI is InChI=1S/C12H11FN2O2S/c1-7-15-9(6-18-7)5-14-11-4-8(12(16)17)2-3-10(11)13/h2-4,6,14H,5H2,1H3,(H,16,17). The Morgan fingerprint density at radius 3 is 2.94 bits per heavy atom. The SMILES string of the molecule is Cc1nc(CNc2cc(C(=O)O)ccc2F)cs1. The first kappa shape index (κ1) is 12.5. The molecule has 0 amide bonds. The van der Waals surface area contributed by atoms with Gasteiger partial charge in [0.25, 0.3) is 0 Å². The molecule has 1 aromatic carbocycles. The second-order valence-corrected chi connectivity index (χ2v) is 4.77. The molecule has 0 radical (unpaired) electrons. The van der Waals surface area contributed by atoms with Crippen molar-refractivity contribution in [3.05, 3.63) is 45.7 Å². The lowest BCUT2D eigenvalue weighted by molar-refractivity contribution is 0.0697. The maximum atomic E-state index is 13.5. The summed E-state index contributed by atoms with van der Waals surface area (Å²) in [4.78, 5) is 15.0. The van der Waals surface area contributed by atoms with E-state index in [1.807, 2.05) is 12.3 Å². The summed E-state index contributed by atoms with van der Waals surface area (Å²) < 4.78 is 13.5. The molecular weight excluding hydrogens is 255 g/mol. The van der Waals surface area contributed by atoms with E-state index in [9.17, 15) is 9.18 Å². The number of nitrogens with zero attached hydrogens (tertiary/aromatic N) is 1. The first-order valence-corrected chi connectivity index (χ1v) is 6.12. The number of aromatic carboxylic acids is 1. The molecule has 1 aromatic heterocycles. The molecule has 2 rings (SSSR count). The summed E-state index contributed by atoms with van der Waals surface area (Å²) in [5.41, 5.74) is 1.02. The van der Waals surface area contributed by atoms with Gasteiger partial charge in [-0.05, 0) is 25.1 Å². The fraction of sp³-hybridized carbons (Fsp3) is 0.167. The average molecular weight is 266 g/mol. The van der Waals surface area contributed by atoms with Gasteiger partial charge >= 0.3 is 5.97 Å². The molecule has 0 fully saturated rings. The Labute approximate surface area is 107 Å². The molecule has 1 heterocycles. The predicted octanol–water partition coefficient (Wildman–Crippen LogP) is 2.90. The van der Waals surface area contributed by atoms with Crippen LogP contribution in [0.2, 0.25) is 0 Å². The molecule has 0 saturated heterocycles. The van der Waals surface area contributed by atoms with Gasteiger partial charge in [0.2, 0.25) is 0 Å². The number of benzene rings is 1. The normalized spacial score (nSPS) is 10.3. The Balaban J connectivity index is 2.13. The zero-order chi connectivity index (χ0) is 13.1. The minimum atomic E-state index is -1.08. The van der Waals surface area contributed by atoms with Gasteiger partial charge in [-0.15, -0.1) is 11.3 Å². The first-order chi connectivity index (χ1) is 8.56. The van der Waals surface area contributed by atoms with Gasteiger partial charge in [0.05, 0.1) is 28.5 Å². The molecular formula is C12H11FN2O2S. The smallest absolute Gasteiger partial charge is 0.335 e. The largest absolute Gasteiger partial charge is 0.478 e. The zero-order valence-corrected chi connectivity index (χ0v) is 10.4. The Morgan fingerprint density at radius 2 is 2.33 bits per heavy atom. The second-order valence-electron chi connectivity index (χ2n) is 3.71. The van der Waals surface area contributed by atoms with Gasteiger partial charge in [-0.25, -0.2) is 14.2 Å². The van der Waals surface area contributed by atoms with Gasteiger partial charge in [0.15, 0.2) is 0 Å². The first-order valence-electron chi connectivity index (χ1n) is 5.24. The van der Waals surface area contributed by atoms with E-state index in [4.69, 9.17) is 5.11 Å². The monoisotopic (exact) mass is 266 g/mol. The van der Waals surface area contributed by atoms with Crippen LogP contribution in [0.1, 0.15) is 21.1 Å². The van der Waals surface area contributed by atoms with Crippen molar-refractivity contribution in [1.82, 2.24) is 4.98 Å². The number of anilines is 1. The molecule has 0 aliphatic heterocycles. The van der Waals surface area contributed by atoms with Crippen molar-refractivity contribution in [3.63, 3.8) is 0 Å². The summed E-state index contributed by atoms with van der Waals surface area (Å²) >= 11 is 1.51. The highest BCUT2D eigenvalue weighted by atomic mass is 32.1. The minimum absolute atomic E-state index is 0.0494. The van der Waals surface area contributed by atoms with E-state index in [-0.39, 0.29) is 11.3 Å². The summed E-state index contributed by atoms with van der Waals surface area (Å²) in [7, 11) is 0. The Kier molecular flexibility index (Phi) is 3.57. The number of nitrogens with one attached hydrogen (secondary N) is 1. The number of carboxylic acid groups (broad SMARTS) is 1. The van der Waals surface area contributed by atoms with Gasteiger partial charge < -0.3 is 10.4 Å². The number of thiazole rings is 1. The molecule has 0 spiro atoms. The molecule has 4 nitrogen and oxygen atoms in total. The van der Waals surface area contributed by atoms with Crippen LogP contribution in [-0.4, -0.2) is 16.1 Å². The summed E-state index contributed by atoms with van der Waals surface area (Å²) in [6.45, 7) is 2.25. The molecule has 0 aliphatic carbocycles. The molecule has 0 saturated carbocycles. The molecule has 94 valence electrons. The number of carbonyl (C=O) groups is 1. The van der Waals surface area contributed by atoms with Crippen LogP contribution in [0.15, 0.2) is 23.6 Å². The maximum absolute atomic E-state index is 13.5. The van der Waals surface area contributed by atoms with Crippen molar-refractivity contribution in [3.8, 4) is 0 Å². The number of aromatic nitrogens is 1. The lowest BCUT2D eigenvalue weighted by atomic mass is 10.2. The molecule has 2 aromatic rings. The number of rotatable bonds is 4. The van der Waals surface area contributed by atoms with Crippen LogP contribution in [0.4, 0.5) is 10.1 Å². The number of hydrogen-bond acceptors (Lipinski definition) is 4. The van der Waals surface area contributed by atoms with E-state index in [0.717, 1.165) is 16.8 Å². The van der Waals surface area contributed by atoms with Crippen LogP contribution in [0.25, 0.3) is 0 Å². The lowest BCUT2D eigenvalue weighted by Crippen LogP contribution is -2.04. The number of carboxylic acids is 1. The molecule has 0 unspecified atom stereocenters. The van der Waals surface area contributed by atoms with Crippen molar-refractivity contribution in [2.24, 2.45) is 0 Å². The number of aryl methyl sites for hydroxylation is 1. The molecule has 2 N–H and O–H groups in total. The van der Waals surface area contributed by atoms with Crippen molar-refractivity contribution in [2.75, 3.05) is 5.32 Å². The van der Waals surface area contributed by atoms with Gasteiger partial charge in [0.1, 0.15) is 5.82 Å². The Bertz CT molecular complexity index is 583. The highest BCUT2D eigenvalue weighted by Gasteiger charge is 2.08. The van der Waals surface area contributed by atoms with Crippen LogP contribution in [-0.2, 0) is 6.54 Å². The van der Waals surface area contributed by atoms with E-state index in [1.165, 1.54) is 23.5 Å². The topological polar surface area (TPSA) is 62.2 Å².